The molecule has 6 nitrogen and oxygen atoms in total. The number of anilines is 1. The standard InChI is InChI=1S/C11H13N3O3S/c1-15-8-5-4-7(14-11(18)13-6-12)9(16-2)10(8)17-3/h4-5H,1-3H3,(H2,13,14,18). The molecule has 0 bridgehead atoms. The van der Waals surface area contributed by atoms with E-state index in [1.807, 2.05) is 0 Å². The molecule has 1 aromatic rings. The lowest BCUT2D eigenvalue weighted by atomic mass is 10.2. The van der Waals surface area contributed by atoms with Gasteiger partial charge in [-0.3, -0.25) is 5.32 Å². The number of rotatable bonds is 4. The van der Waals surface area contributed by atoms with Crippen LogP contribution in [0.2, 0.25) is 0 Å². The Labute approximate surface area is 110 Å². The third kappa shape index (κ3) is 2.93. The van der Waals surface area contributed by atoms with Crippen LogP contribution in [0.1, 0.15) is 0 Å². The van der Waals surface area contributed by atoms with Crippen molar-refractivity contribution in [2.75, 3.05) is 26.6 Å². The van der Waals surface area contributed by atoms with Crippen molar-refractivity contribution in [1.82, 2.24) is 5.32 Å². The van der Waals surface area contributed by atoms with E-state index in [2.05, 4.69) is 10.6 Å². The Bertz CT molecular complexity index is 485. The Morgan fingerprint density at radius 3 is 2.33 bits per heavy atom. The molecule has 0 atom stereocenters. The maximum atomic E-state index is 8.46. The van der Waals surface area contributed by atoms with Crippen LogP contribution >= 0.6 is 12.2 Å². The molecular weight excluding hydrogens is 254 g/mol. The Morgan fingerprint density at radius 2 is 1.83 bits per heavy atom. The van der Waals surface area contributed by atoms with Crippen LogP contribution in [0.4, 0.5) is 5.69 Å². The fourth-order valence-electron chi connectivity index (χ4n) is 1.40. The van der Waals surface area contributed by atoms with Gasteiger partial charge < -0.3 is 19.5 Å². The zero-order chi connectivity index (χ0) is 13.5. The van der Waals surface area contributed by atoms with Crippen LogP contribution in [0, 0.1) is 11.5 Å². The molecule has 0 aliphatic rings. The minimum atomic E-state index is 0.169. The number of benzene rings is 1. The molecule has 0 saturated carbocycles. The van der Waals surface area contributed by atoms with Gasteiger partial charge in [0.05, 0.1) is 27.0 Å². The van der Waals surface area contributed by atoms with Crippen LogP contribution in [-0.2, 0) is 0 Å². The molecule has 0 fully saturated rings. The van der Waals surface area contributed by atoms with Crippen molar-refractivity contribution in [1.29, 1.82) is 5.26 Å². The smallest absolute Gasteiger partial charge is 0.205 e. The fourth-order valence-corrected chi connectivity index (χ4v) is 1.56. The van der Waals surface area contributed by atoms with Gasteiger partial charge in [0.25, 0.3) is 0 Å². The van der Waals surface area contributed by atoms with Crippen molar-refractivity contribution >= 4 is 23.0 Å². The van der Waals surface area contributed by atoms with Gasteiger partial charge in [-0.25, -0.2) is 0 Å². The van der Waals surface area contributed by atoms with Crippen LogP contribution in [-0.4, -0.2) is 26.4 Å². The van der Waals surface area contributed by atoms with E-state index < -0.39 is 0 Å². The van der Waals surface area contributed by atoms with Gasteiger partial charge in [-0.15, -0.1) is 0 Å². The maximum absolute atomic E-state index is 8.46. The Balaban J connectivity index is 3.13. The van der Waals surface area contributed by atoms with Crippen LogP contribution in [0.15, 0.2) is 12.1 Å². The summed E-state index contributed by atoms with van der Waals surface area (Å²) < 4.78 is 15.6. The number of hydrogen-bond donors (Lipinski definition) is 2. The average molecular weight is 267 g/mol. The Hall–Kier alpha value is -2.20. The lowest BCUT2D eigenvalue weighted by Gasteiger charge is -2.16. The average Bonchev–Trinajstić information content (AvgIpc) is 2.38. The minimum absolute atomic E-state index is 0.169. The number of nitrogens with one attached hydrogen (secondary N) is 2. The zero-order valence-electron chi connectivity index (χ0n) is 10.2. The van der Waals surface area contributed by atoms with E-state index in [4.69, 9.17) is 31.7 Å². The minimum Gasteiger partial charge on any atom is -0.493 e. The third-order valence-electron chi connectivity index (χ3n) is 2.12. The van der Waals surface area contributed by atoms with Gasteiger partial charge in [-0.05, 0) is 24.4 Å². The molecule has 0 saturated heterocycles. The number of thiocarbonyl (C=S) groups is 1. The summed E-state index contributed by atoms with van der Waals surface area (Å²) in [6.07, 6.45) is 1.73. The largest absolute Gasteiger partial charge is 0.493 e. The number of nitriles is 1. The second-order valence-corrected chi connectivity index (χ2v) is 3.48. The van der Waals surface area contributed by atoms with Gasteiger partial charge in [-0.2, -0.15) is 5.26 Å². The Kier molecular flexibility index (Phi) is 5.02. The highest BCUT2D eigenvalue weighted by Gasteiger charge is 2.16. The summed E-state index contributed by atoms with van der Waals surface area (Å²) in [7, 11) is 4.55. The van der Waals surface area contributed by atoms with Crippen molar-refractivity contribution in [2.24, 2.45) is 0 Å². The second kappa shape index (κ2) is 6.51. The van der Waals surface area contributed by atoms with Gasteiger partial charge >= 0.3 is 0 Å². The van der Waals surface area contributed by atoms with Gasteiger partial charge in [0.1, 0.15) is 0 Å². The lowest BCUT2D eigenvalue weighted by molar-refractivity contribution is 0.325. The first-order valence-corrected chi connectivity index (χ1v) is 5.33. The van der Waals surface area contributed by atoms with Crippen LogP contribution in [0.25, 0.3) is 0 Å². The molecule has 0 aromatic heterocycles. The molecule has 18 heavy (non-hydrogen) atoms. The number of nitrogens with zero attached hydrogens (tertiary/aromatic N) is 1. The van der Waals surface area contributed by atoms with Crippen LogP contribution < -0.4 is 24.8 Å². The number of methoxy groups -OCH3 is 3. The summed E-state index contributed by atoms with van der Waals surface area (Å²) in [5, 5.41) is 13.8. The predicted octanol–water partition coefficient (Wildman–Crippen LogP) is 1.48. The van der Waals surface area contributed by atoms with E-state index in [1.54, 1.807) is 18.3 Å². The zero-order valence-corrected chi connectivity index (χ0v) is 11.1. The number of hydrogen-bond acceptors (Lipinski definition) is 5. The van der Waals surface area contributed by atoms with E-state index in [0.717, 1.165) is 0 Å². The lowest BCUT2D eigenvalue weighted by Crippen LogP contribution is -2.24. The molecule has 0 unspecified atom stereocenters. The quantitative estimate of drug-likeness (QED) is 0.486. The molecule has 7 heteroatoms. The maximum Gasteiger partial charge on any atom is 0.205 e. The van der Waals surface area contributed by atoms with Crippen LogP contribution in [0.5, 0.6) is 17.2 Å². The SMILES string of the molecule is COc1ccc(NC(=S)NC#N)c(OC)c1OC. The van der Waals surface area contributed by atoms with E-state index in [1.165, 1.54) is 21.3 Å². The second-order valence-electron chi connectivity index (χ2n) is 3.07. The molecular formula is C11H13N3O3S. The number of ether oxygens (including phenoxy) is 3. The summed E-state index contributed by atoms with van der Waals surface area (Å²) >= 11 is 4.91. The van der Waals surface area contributed by atoms with Crippen molar-refractivity contribution in [3.63, 3.8) is 0 Å². The van der Waals surface area contributed by atoms with Crippen molar-refractivity contribution in [3.05, 3.63) is 12.1 Å². The van der Waals surface area contributed by atoms with Gasteiger partial charge in [0, 0.05) is 0 Å². The molecule has 1 rings (SSSR count). The predicted molar refractivity (Wildman–Crippen MR) is 71.1 cm³/mol. The summed E-state index contributed by atoms with van der Waals surface area (Å²) in [6, 6.07) is 3.42. The van der Waals surface area contributed by atoms with E-state index in [9.17, 15) is 0 Å². The third-order valence-corrected chi connectivity index (χ3v) is 2.33. The highest BCUT2D eigenvalue weighted by atomic mass is 32.1. The fraction of sp³-hybridized carbons (Fsp3) is 0.273. The molecule has 96 valence electrons. The van der Waals surface area contributed by atoms with Crippen molar-refractivity contribution in [3.8, 4) is 23.4 Å². The van der Waals surface area contributed by atoms with E-state index >= 15 is 0 Å². The molecule has 0 aliphatic heterocycles. The molecule has 0 spiro atoms. The van der Waals surface area contributed by atoms with Crippen molar-refractivity contribution < 1.29 is 14.2 Å². The van der Waals surface area contributed by atoms with E-state index in [-0.39, 0.29) is 5.11 Å². The summed E-state index contributed by atoms with van der Waals surface area (Å²) in [5.74, 6) is 1.43. The first-order valence-electron chi connectivity index (χ1n) is 4.93. The molecule has 0 heterocycles. The molecule has 0 radical (unpaired) electrons. The topological polar surface area (TPSA) is 75.5 Å². The summed E-state index contributed by atoms with van der Waals surface area (Å²) in [5.41, 5.74) is 0.572. The molecule has 0 amide bonds. The van der Waals surface area contributed by atoms with Gasteiger partial charge in [0.2, 0.25) is 5.75 Å². The summed E-state index contributed by atoms with van der Waals surface area (Å²) in [4.78, 5) is 0. The first kappa shape index (κ1) is 13.9. The van der Waals surface area contributed by atoms with Gasteiger partial charge in [-0.1, -0.05) is 0 Å². The molecule has 1 aromatic carbocycles. The van der Waals surface area contributed by atoms with Crippen LogP contribution in [0.3, 0.4) is 0 Å². The molecule has 2 N–H and O–H groups in total. The van der Waals surface area contributed by atoms with E-state index in [0.29, 0.717) is 22.9 Å². The first-order chi connectivity index (χ1) is 8.67. The van der Waals surface area contributed by atoms with Gasteiger partial charge in [0.15, 0.2) is 22.8 Å². The molecule has 0 aliphatic carbocycles. The monoisotopic (exact) mass is 267 g/mol. The van der Waals surface area contributed by atoms with Crippen molar-refractivity contribution in [2.45, 2.75) is 0 Å². The normalized spacial score (nSPS) is 9.00. The summed E-state index contributed by atoms with van der Waals surface area (Å²) in [6.45, 7) is 0. The highest BCUT2D eigenvalue weighted by molar-refractivity contribution is 7.80. The Morgan fingerprint density at radius 1 is 1.17 bits per heavy atom. The highest BCUT2D eigenvalue weighted by Crippen LogP contribution is 2.42.